The molecule has 0 aliphatic heterocycles. The molecule has 0 amide bonds. The van der Waals surface area contributed by atoms with Crippen molar-refractivity contribution in [2.45, 2.75) is 51.9 Å². The van der Waals surface area contributed by atoms with E-state index in [4.69, 9.17) is 0 Å². The van der Waals surface area contributed by atoms with Crippen molar-refractivity contribution in [3.8, 4) is 0 Å². The van der Waals surface area contributed by atoms with Crippen LogP contribution in [0.4, 0.5) is 0 Å². The van der Waals surface area contributed by atoms with Crippen molar-refractivity contribution < 1.29 is 4.79 Å². The van der Waals surface area contributed by atoms with Crippen LogP contribution in [0.2, 0.25) is 0 Å². The van der Waals surface area contributed by atoms with Gasteiger partial charge in [0, 0.05) is 6.42 Å². The van der Waals surface area contributed by atoms with Gasteiger partial charge >= 0.3 is 0 Å². The number of allylic oxidation sites excluding steroid dienone is 4. The molecule has 0 aliphatic carbocycles. The SMILES string of the molecule is CC=CCC(CC=CC)(C(=O)CCC)c1ccccc1. The number of benzene rings is 1. The lowest BCUT2D eigenvalue weighted by molar-refractivity contribution is -0.124. The zero-order valence-corrected chi connectivity index (χ0v) is 12.9. The maximum absolute atomic E-state index is 12.8. The Labute approximate surface area is 123 Å². The molecule has 0 N–H and O–H groups in total. The van der Waals surface area contributed by atoms with Gasteiger partial charge < -0.3 is 0 Å². The molecule has 0 spiro atoms. The normalized spacial score (nSPS) is 14.8. The van der Waals surface area contributed by atoms with E-state index >= 15 is 0 Å². The largest absolute Gasteiger partial charge is 0.299 e. The minimum atomic E-state index is -0.406. The molecular formula is C19H26O. The zero-order chi connectivity index (χ0) is 14.8. The maximum atomic E-state index is 12.8. The highest BCUT2D eigenvalue weighted by Crippen LogP contribution is 2.35. The lowest BCUT2D eigenvalue weighted by Crippen LogP contribution is -2.35. The van der Waals surface area contributed by atoms with Crippen molar-refractivity contribution in [1.29, 1.82) is 0 Å². The maximum Gasteiger partial charge on any atom is 0.144 e. The lowest BCUT2D eigenvalue weighted by atomic mass is 9.70. The van der Waals surface area contributed by atoms with Crippen LogP contribution in [-0.2, 0) is 10.2 Å². The molecule has 0 atom stereocenters. The first-order valence-corrected chi connectivity index (χ1v) is 7.52. The molecule has 1 rings (SSSR count). The summed E-state index contributed by atoms with van der Waals surface area (Å²) < 4.78 is 0. The topological polar surface area (TPSA) is 17.1 Å². The number of Topliss-reactive ketones (excluding diaryl/α,β-unsaturated/α-hetero) is 1. The molecule has 0 aliphatic rings. The summed E-state index contributed by atoms with van der Waals surface area (Å²) in [5.41, 5.74) is 0.727. The van der Waals surface area contributed by atoms with E-state index in [9.17, 15) is 4.79 Å². The Hall–Kier alpha value is -1.63. The van der Waals surface area contributed by atoms with Gasteiger partial charge in [0.25, 0.3) is 0 Å². The van der Waals surface area contributed by atoms with Gasteiger partial charge in [-0.15, -0.1) is 0 Å². The molecular weight excluding hydrogens is 244 g/mol. The molecule has 0 saturated heterocycles. The summed E-state index contributed by atoms with van der Waals surface area (Å²) >= 11 is 0. The number of hydrogen-bond acceptors (Lipinski definition) is 1. The quantitative estimate of drug-likeness (QED) is 0.591. The van der Waals surface area contributed by atoms with Crippen LogP contribution in [-0.4, -0.2) is 5.78 Å². The Bertz CT molecular complexity index is 440. The molecule has 1 nitrogen and oxygen atoms in total. The van der Waals surface area contributed by atoms with Crippen LogP contribution in [0.1, 0.15) is 52.0 Å². The molecule has 1 heteroatoms. The van der Waals surface area contributed by atoms with Crippen molar-refractivity contribution in [2.24, 2.45) is 0 Å². The third kappa shape index (κ3) is 3.93. The third-order valence-corrected chi connectivity index (χ3v) is 3.74. The molecule has 20 heavy (non-hydrogen) atoms. The van der Waals surface area contributed by atoms with Crippen molar-refractivity contribution in [1.82, 2.24) is 0 Å². The van der Waals surface area contributed by atoms with Crippen molar-refractivity contribution >= 4 is 5.78 Å². The lowest BCUT2D eigenvalue weighted by Gasteiger charge is -2.31. The Balaban J connectivity index is 3.27. The summed E-state index contributed by atoms with van der Waals surface area (Å²) in [4.78, 5) is 12.8. The fourth-order valence-corrected chi connectivity index (χ4v) is 2.57. The zero-order valence-electron chi connectivity index (χ0n) is 12.9. The second-order valence-electron chi connectivity index (χ2n) is 5.17. The average Bonchev–Trinajstić information content (AvgIpc) is 2.49. The highest BCUT2D eigenvalue weighted by Gasteiger charge is 2.36. The van der Waals surface area contributed by atoms with Crippen molar-refractivity contribution in [2.75, 3.05) is 0 Å². The van der Waals surface area contributed by atoms with Gasteiger partial charge in [0.1, 0.15) is 5.78 Å². The summed E-state index contributed by atoms with van der Waals surface area (Å²) in [5, 5.41) is 0. The number of carbonyl (C=O) groups is 1. The van der Waals surface area contributed by atoms with Gasteiger partial charge in [0.15, 0.2) is 0 Å². The van der Waals surface area contributed by atoms with Gasteiger partial charge in [-0.05, 0) is 38.7 Å². The average molecular weight is 270 g/mol. The molecule has 0 fully saturated rings. The van der Waals surface area contributed by atoms with Gasteiger partial charge in [-0.25, -0.2) is 0 Å². The third-order valence-electron chi connectivity index (χ3n) is 3.74. The van der Waals surface area contributed by atoms with E-state index in [0.29, 0.717) is 12.2 Å². The smallest absolute Gasteiger partial charge is 0.144 e. The van der Waals surface area contributed by atoms with Crippen LogP contribution >= 0.6 is 0 Å². The predicted molar refractivity (Wildman–Crippen MR) is 86.9 cm³/mol. The minimum Gasteiger partial charge on any atom is -0.299 e. The van der Waals surface area contributed by atoms with Crippen LogP contribution < -0.4 is 0 Å². The Kier molecular flexibility index (Phi) is 7.00. The van der Waals surface area contributed by atoms with E-state index in [2.05, 4.69) is 31.2 Å². The van der Waals surface area contributed by atoms with Gasteiger partial charge in [-0.2, -0.15) is 0 Å². The summed E-state index contributed by atoms with van der Waals surface area (Å²) in [5.74, 6) is 0.349. The van der Waals surface area contributed by atoms with E-state index in [-0.39, 0.29) is 0 Å². The second kappa shape index (κ2) is 8.52. The van der Waals surface area contributed by atoms with Gasteiger partial charge in [-0.3, -0.25) is 4.79 Å². The fourth-order valence-electron chi connectivity index (χ4n) is 2.57. The first-order chi connectivity index (χ1) is 9.71. The van der Waals surface area contributed by atoms with E-state index in [0.717, 1.165) is 24.8 Å². The molecule has 0 heterocycles. The first-order valence-electron chi connectivity index (χ1n) is 7.52. The fraction of sp³-hybridized carbons (Fsp3) is 0.421. The number of ketones is 1. The highest BCUT2D eigenvalue weighted by atomic mass is 16.1. The molecule has 1 aromatic rings. The Morgan fingerprint density at radius 1 is 1.05 bits per heavy atom. The first kappa shape index (κ1) is 16.4. The van der Waals surface area contributed by atoms with Crippen LogP contribution in [0.3, 0.4) is 0 Å². The Morgan fingerprint density at radius 3 is 2.05 bits per heavy atom. The standard InChI is InChI=1S/C19H26O/c1-4-7-15-19(16-8-5-2,18(20)12-6-3)17-13-10-9-11-14-17/h4-5,7-11,13-14H,6,12,15-16H2,1-3H3. The van der Waals surface area contributed by atoms with E-state index in [1.165, 1.54) is 0 Å². The van der Waals surface area contributed by atoms with Gasteiger partial charge in [-0.1, -0.05) is 61.6 Å². The number of carbonyl (C=O) groups excluding carboxylic acids is 1. The number of rotatable bonds is 8. The molecule has 1 aromatic carbocycles. The van der Waals surface area contributed by atoms with E-state index in [1.54, 1.807) is 0 Å². The summed E-state index contributed by atoms with van der Waals surface area (Å²) in [6.45, 7) is 6.09. The molecule has 0 saturated carbocycles. The molecule has 0 unspecified atom stereocenters. The molecule has 0 bridgehead atoms. The molecule has 108 valence electrons. The van der Waals surface area contributed by atoms with E-state index in [1.807, 2.05) is 44.2 Å². The Morgan fingerprint density at radius 2 is 1.60 bits per heavy atom. The van der Waals surface area contributed by atoms with Crippen LogP contribution in [0.5, 0.6) is 0 Å². The number of hydrogen-bond donors (Lipinski definition) is 0. The minimum absolute atomic E-state index is 0.349. The molecule has 0 radical (unpaired) electrons. The van der Waals surface area contributed by atoms with Crippen molar-refractivity contribution in [3.63, 3.8) is 0 Å². The van der Waals surface area contributed by atoms with E-state index < -0.39 is 5.41 Å². The predicted octanol–water partition coefficient (Wildman–Crippen LogP) is 5.23. The monoisotopic (exact) mass is 270 g/mol. The summed E-state index contributed by atoms with van der Waals surface area (Å²) in [7, 11) is 0. The van der Waals surface area contributed by atoms with Crippen LogP contribution in [0.25, 0.3) is 0 Å². The van der Waals surface area contributed by atoms with Crippen LogP contribution in [0, 0.1) is 0 Å². The van der Waals surface area contributed by atoms with Gasteiger partial charge in [0.2, 0.25) is 0 Å². The summed E-state index contributed by atoms with van der Waals surface area (Å²) in [6, 6.07) is 10.2. The second-order valence-corrected chi connectivity index (χ2v) is 5.17. The summed E-state index contributed by atoms with van der Waals surface area (Å²) in [6.07, 6.45) is 11.4. The highest BCUT2D eigenvalue weighted by molar-refractivity contribution is 5.90. The van der Waals surface area contributed by atoms with Gasteiger partial charge in [0.05, 0.1) is 5.41 Å². The van der Waals surface area contributed by atoms with Crippen molar-refractivity contribution in [3.05, 3.63) is 60.2 Å². The molecule has 0 aromatic heterocycles. The van der Waals surface area contributed by atoms with Crippen LogP contribution in [0.15, 0.2) is 54.6 Å².